The molecule has 0 aliphatic rings. The summed E-state index contributed by atoms with van der Waals surface area (Å²) in [5.74, 6) is 0.511. The fourth-order valence-corrected chi connectivity index (χ4v) is 1.59. The van der Waals surface area contributed by atoms with Crippen molar-refractivity contribution in [2.24, 2.45) is 17.1 Å². The van der Waals surface area contributed by atoms with Gasteiger partial charge in [0.2, 0.25) is 0 Å². The van der Waals surface area contributed by atoms with Gasteiger partial charge in [0, 0.05) is 13.7 Å². The molecule has 0 aromatic rings. The molecule has 0 aromatic carbocycles. The lowest BCUT2D eigenvalue weighted by molar-refractivity contribution is 0.0186. The van der Waals surface area contributed by atoms with Crippen LogP contribution in [0.5, 0.6) is 0 Å². The minimum atomic E-state index is 0.257. The van der Waals surface area contributed by atoms with Gasteiger partial charge in [-0.15, -0.1) is 0 Å². The highest BCUT2D eigenvalue weighted by Gasteiger charge is 2.22. The molecule has 4 nitrogen and oxygen atoms in total. The van der Waals surface area contributed by atoms with Crippen molar-refractivity contribution in [3.8, 4) is 0 Å². The van der Waals surface area contributed by atoms with Crippen LogP contribution < -0.4 is 5.73 Å². The first-order chi connectivity index (χ1) is 8.02. The molecule has 0 saturated heterocycles. The van der Waals surface area contributed by atoms with E-state index in [1.54, 1.807) is 7.11 Å². The Morgan fingerprint density at radius 3 is 1.94 bits per heavy atom. The van der Waals surface area contributed by atoms with Crippen LogP contribution in [0.2, 0.25) is 0 Å². The van der Waals surface area contributed by atoms with E-state index in [0.717, 1.165) is 19.6 Å². The van der Waals surface area contributed by atoms with Crippen molar-refractivity contribution >= 4 is 0 Å². The van der Waals surface area contributed by atoms with E-state index in [1.807, 2.05) is 0 Å². The highest BCUT2D eigenvalue weighted by molar-refractivity contribution is 4.74. The molecule has 0 aliphatic heterocycles. The molecule has 0 aliphatic carbocycles. The summed E-state index contributed by atoms with van der Waals surface area (Å²) in [6.07, 6.45) is 1.01. The van der Waals surface area contributed by atoms with E-state index >= 15 is 0 Å². The van der Waals surface area contributed by atoms with Crippen molar-refractivity contribution in [3.05, 3.63) is 0 Å². The van der Waals surface area contributed by atoms with Crippen LogP contribution in [-0.4, -0.2) is 46.7 Å². The van der Waals surface area contributed by atoms with Crippen LogP contribution in [-0.2, 0) is 14.2 Å². The Morgan fingerprint density at radius 1 is 0.941 bits per heavy atom. The standard InChI is InChI=1S/C13H29NO3/c1-13(2,3)12(11-14)5-6-16-9-10-17-8-7-15-4/h12H,5-11,14H2,1-4H3. The zero-order valence-electron chi connectivity index (χ0n) is 11.8. The summed E-state index contributed by atoms with van der Waals surface area (Å²) in [5.41, 5.74) is 6.02. The summed E-state index contributed by atoms with van der Waals surface area (Å²) in [6, 6.07) is 0. The zero-order valence-corrected chi connectivity index (χ0v) is 11.8. The molecule has 0 radical (unpaired) electrons. The Balaban J connectivity index is 3.38. The van der Waals surface area contributed by atoms with Crippen molar-refractivity contribution in [3.63, 3.8) is 0 Å². The quantitative estimate of drug-likeness (QED) is 0.597. The third-order valence-corrected chi connectivity index (χ3v) is 2.92. The summed E-state index contributed by atoms with van der Waals surface area (Å²) < 4.78 is 15.7. The lowest BCUT2D eigenvalue weighted by atomic mass is 9.79. The molecule has 1 atom stereocenters. The Hall–Kier alpha value is -0.160. The average Bonchev–Trinajstić information content (AvgIpc) is 2.25. The summed E-state index contributed by atoms with van der Waals surface area (Å²) in [6.45, 7) is 10.7. The Labute approximate surface area is 106 Å². The molecule has 0 saturated carbocycles. The smallest absolute Gasteiger partial charge is 0.0701 e. The van der Waals surface area contributed by atoms with Gasteiger partial charge in [0.05, 0.1) is 26.4 Å². The average molecular weight is 247 g/mol. The molecular formula is C13H29NO3. The SMILES string of the molecule is COCCOCCOCCC(CN)C(C)(C)C. The summed E-state index contributed by atoms with van der Waals surface area (Å²) in [7, 11) is 1.67. The number of methoxy groups -OCH3 is 1. The number of ether oxygens (including phenoxy) is 3. The largest absolute Gasteiger partial charge is 0.382 e. The molecule has 4 heteroatoms. The number of rotatable bonds is 10. The van der Waals surface area contributed by atoms with E-state index in [-0.39, 0.29) is 5.41 Å². The zero-order chi connectivity index (χ0) is 13.1. The third-order valence-electron chi connectivity index (χ3n) is 2.92. The van der Waals surface area contributed by atoms with Gasteiger partial charge in [0.15, 0.2) is 0 Å². The van der Waals surface area contributed by atoms with Crippen molar-refractivity contribution in [1.29, 1.82) is 0 Å². The molecule has 0 heterocycles. The maximum Gasteiger partial charge on any atom is 0.0701 e. The first-order valence-corrected chi connectivity index (χ1v) is 6.37. The predicted octanol–water partition coefficient (Wildman–Crippen LogP) is 1.68. The van der Waals surface area contributed by atoms with Gasteiger partial charge in [-0.1, -0.05) is 20.8 Å². The molecule has 0 aromatic heterocycles. The van der Waals surface area contributed by atoms with E-state index in [9.17, 15) is 0 Å². The van der Waals surface area contributed by atoms with E-state index in [0.29, 0.717) is 32.3 Å². The maximum atomic E-state index is 5.76. The van der Waals surface area contributed by atoms with Crippen LogP contribution >= 0.6 is 0 Å². The predicted molar refractivity (Wildman–Crippen MR) is 70.1 cm³/mol. The first kappa shape index (κ1) is 16.8. The molecule has 0 amide bonds. The topological polar surface area (TPSA) is 53.7 Å². The van der Waals surface area contributed by atoms with Gasteiger partial charge in [-0.25, -0.2) is 0 Å². The van der Waals surface area contributed by atoms with Crippen molar-refractivity contribution < 1.29 is 14.2 Å². The summed E-state index contributed by atoms with van der Waals surface area (Å²) in [4.78, 5) is 0. The van der Waals surface area contributed by atoms with Gasteiger partial charge >= 0.3 is 0 Å². The molecule has 104 valence electrons. The number of nitrogens with two attached hydrogens (primary N) is 1. The molecule has 2 N–H and O–H groups in total. The molecule has 0 spiro atoms. The van der Waals surface area contributed by atoms with Gasteiger partial charge < -0.3 is 19.9 Å². The maximum absolute atomic E-state index is 5.76. The van der Waals surface area contributed by atoms with E-state index in [2.05, 4.69) is 20.8 Å². The van der Waals surface area contributed by atoms with Crippen LogP contribution in [0.4, 0.5) is 0 Å². The molecular weight excluding hydrogens is 218 g/mol. The second-order valence-electron chi connectivity index (χ2n) is 5.30. The lowest BCUT2D eigenvalue weighted by Crippen LogP contribution is -2.29. The molecule has 17 heavy (non-hydrogen) atoms. The normalized spacial score (nSPS) is 13.9. The van der Waals surface area contributed by atoms with Crippen LogP contribution in [0.25, 0.3) is 0 Å². The van der Waals surface area contributed by atoms with Gasteiger partial charge in [0.25, 0.3) is 0 Å². The van der Waals surface area contributed by atoms with Crippen molar-refractivity contribution in [1.82, 2.24) is 0 Å². The fraction of sp³-hybridized carbons (Fsp3) is 1.00. The highest BCUT2D eigenvalue weighted by atomic mass is 16.5. The number of hydrogen-bond acceptors (Lipinski definition) is 4. The minimum absolute atomic E-state index is 0.257. The van der Waals surface area contributed by atoms with Crippen LogP contribution in [0.15, 0.2) is 0 Å². The molecule has 0 fully saturated rings. The van der Waals surface area contributed by atoms with Crippen molar-refractivity contribution in [2.45, 2.75) is 27.2 Å². The minimum Gasteiger partial charge on any atom is -0.382 e. The Morgan fingerprint density at radius 2 is 1.47 bits per heavy atom. The van der Waals surface area contributed by atoms with Gasteiger partial charge in [-0.05, 0) is 24.3 Å². The molecule has 1 unspecified atom stereocenters. The summed E-state index contributed by atoms with van der Waals surface area (Å²) >= 11 is 0. The third kappa shape index (κ3) is 9.53. The molecule has 0 bridgehead atoms. The van der Waals surface area contributed by atoms with Gasteiger partial charge in [-0.2, -0.15) is 0 Å². The van der Waals surface area contributed by atoms with E-state index in [4.69, 9.17) is 19.9 Å². The van der Waals surface area contributed by atoms with E-state index in [1.165, 1.54) is 0 Å². The molecule has 0 rings (SSSR count). The number of hydrogen-bond donors (Lipinski definition) is 1. The van der Waals surface area contributed by atoms with Gasteiger partial charge in [-0.3, -0.25) is 0 Å². The van der Waals surface area contributed by atoms with Gasteiger partial charge in [0.1, 0.15) is 0 Å². The van der Waals surface area contributed by atoms with Crippen LogP contribution in [0.3, 0.4) is 0 Å². The van der Waals surface area contributed by atoms with E-state index < -0.39 is 0 Å². The highest BCUT2D eigenvalue weighted by Crippen LogP contribution is 2.27. The summed E-state index contributed by atoms with van der Waals surface area (Å²) in [5, 5.41) is 0. The Bertz CT molecular complexity index is 169. The second kappa shape index (κ2) is 9.83. The monoisotopic (exact) mass is 247 g/mol. The van der Waals surface area contributed by atoms with Crippen LogP contribution in [0.1, 0.15) is 27.2 Å². The second-order valence-corrected chi connectivity index (χ2v) is 5.30. The van der Waals surface area contributed by atoms with Crippen LogP contribution in [0, 0.1) is 11.3 Å². The Kier molecular flexibility index (Phi) is 9.74. The first-order valence-electron chi connectivity index (χ1n) is 6.37. The fourth-order valence-electron chi connectivity index (χ4n) is 1.59. The van der Waals surface area contributed by atoms with Crippen molar-refractivity contribution in [2.75, 3.05) is 46.7 Å². The lowest BCUT2D eigenvalue weighted by Gasteiger charge is -2.29.